The van der Waals surface area contributed by atoms with Crippen LogP contribution in [0, 0.1) is 0 Å². The topological polar surface area (TPSA) is 69.2 Å². The van der Waals surface area contributed by atoms with E-state index in [2.05, 4.69) is 49.5 Å². The molecule has 2 aromatic heterocycles. The number of nitrogens with two attached hydrogens (primary N) is 1. The molecular weight excluding hydrogens is 454 g/mol. The minimum atomic E-state index is 0.441. The lowest BCUT2D eigenvalue weighted by Crippen LogP contribution is -2.43. The Morgan fingerprint density at radius 2 is 1.51 bits per heavy atom. The maximum atomic E-state index is 6.39. The van der Waals surface area contributed by atoms with Crippen LogP contribution in [-0.2, 0) is 0 Å². The van der Waals surface area contributed by atoms with E-state index >= 15 is 0 Å². The molecule has 2 N–H and O–H groups in total. The fourth-order valence-electron chi connectivity index (χ4n) is 5.58. The number of ether oxygens (including phenoxy) is 1. The molecule has 2 aromatic carbocycles. The number of fused-ring (bicyclic) bond motifs is 1. The Balaban J connectivity index is 1.26. The summed E-state index contributed by atoms with van der Waals surface area (Å²) in [5, 5.41) is 0.944. The molecule has 0 unspecified atom stereocenters. The molecule has 2 fully saturated rings. The zero-order chi connectivity index (χ0) is 23.6. The lowest BCUT2D eigenvalue weighted by molar-refractivity contribution is 0.151. The highest BCUT2D eigenvalue weighted by Gasteiger charge is 2.29. The van der Waals surface area contributed by atoms with Gasteiger partial charge in [0.15, 0.2) is 0 Å². The van der Waals surface area contributed by atoms with Crippen molar-refractivity contribution in [3.8, 4) is 22.6 Å². The van der Waals surface area contributed by atoms with Crippen LogP contribution < -0.4 is 10.5 Å². The smallest absolute Gasteiger partial charge is 0.146 e. The number of thioether (sulfide) groups is 1. The van der Waals surface area contributed by atoms with Gasteiger partial charge in [0, 0.05) is 48.4 Å². The van der Waals surface area contributed by atoms with Crippen LogP contribution in [0.3, 0.4) is 0 Å². The van der Waals surface area contributed by atoms with Crippen molar-refractivity contribution in [1.82, 2.24) is 19.4 Å². The summed E-state index contributed by atoms with van der Waals surface area (Å²) >= 11 is 2.08. The zero-order valence-corrected chi connectivity index (χ0v) is 20.7. The second kappa shape index (κ2) is 9.91. The summed E-state index contributed by atoms with van der Waals surface area (Å²) in [7, 11) is 0. The summed E-state index contributed by atoms with van der Waals surface area (Å²) in [5.41, 5.74) is 9.51. The van der Waals surface area contributed by atoms with Crippen LogP contribution in [-0.4, -0.2) is 50.1 Å². The molecule has 4 aromatic rings. The quantitative estimate of drug-likeness (QED) is 0.374. The SMILES string of the molecule is Nc1ncnc2c1c(-c1ccc(Oc3ccccc3)cc1)cn2C1CCC(N2CCSCC2)CC1. The predicted octanol–water partition coefficient (Wildman–Crippen LogP) is 6.01. The van der Waals surface area contributed by atoms with E-state index < -0.39 is 0 Å². The van der Waals surface area contributed by atoms with Crippen molar-refractivity contribution in [2.24, 2.45) is 0 Å². The molecule has 180 valence electrons. The van der Waals surface area contributed by atoms with E-state index in [0.29, 0.717) is 11.9 Å². The van der Waals surface area contributed by atoms with Crippen LogP contribution in [0.5, 0.6) is 11.5 Å². The minimum Gasteiger partial charge on any atom is -0.457 e. The fourth-order valence-corrected chi connectivity index (χ4v) is 6.51. The van der Waals surface area contributed by atoms with Gasteiger partial charge in [0.2, 0.25) is 0 Å². The Kier molecular flexibility index (Phi) is 6.35. The number of anilines is 1. The van der Waals surface area contributed by atoms with E-state index in [1.165, 1.54) is 50.3 Å². The Labute approximate surface area is 210 Å². The molecule has 0 amide bonds. The van der Waals surface area contributed by atoms with Crippen molar-refractivity contribution in [1.29, 1.82) is 0 Å². The number of benzene rings is 2. The van der Waals surface area contributed by atoms with Crippen LogP contribution in [0.1, 0.15) is 31.7 Å². The van der Waals surface area contributed by atoms with Gasteiger partial charge in [-0.05, 0) is 55.5 Å². The molecule has 1 aliphatic heterocycles. The standard InChI is InChI=1S/C28H31N5OS/c29-27-26-25(20-6-12-24(13-7-20)34-23-4-2-1-3-5-23)18-33(28(26)31-19-30-27)22-10-8-21(9-11-22)32-14-16-35-17-15-32/h1-7,12-13,18-19,21-22H,8-11,14-17H2,(H2,29,30,31). The summed E-state index contributed by atoms with van der Waals surface area (Å²) in [5.74, 6) is 4.72. The predicted molar refractivity (Wildman–Crippen MR) is 144 cm³/mol. The number of hydrogen-bond donors (Lipinski definition) is 1. The van der Waals surface area contributed by atoms with E-state index in [4.69, 9.17) is 10.5 Å². The molecule has 0 spiro atoms. The van der Waals surface area contributed by atoms with Crippen LogP contribution >= 0.6 is 11.8 Å². The Morgan fingerprint density at radius 3 is 2.26 bits per heavy atom. The maximum Gasteiger partial charge on any atom is 0.146 e. The van der Waals surface area contributed by atoms with Gasteiger partial charge in [-0.3, -0.25) is 4.90 Å². The molecule has 2 aliphatic rings. The van der Waals surface area contributed by atoms with E-state index in [0.717, 1.165) is 39.7 Å². The van der Waals surface area contributed by atoms with E-state index in [-0.39, 0.29) is 0 Å². The van der Waals surface area contributed by atoms with Gasteiger partial charge in [-0.2, -0.15) is 11.8 Å². The molecule has 1 saturated carbocycles. The average molecular weight is 486 g/mol. The number of nitrogens with zero attached hydrogens (tertiary/aromatic N) is 4. The average Bonchev–Trinajstić information content (AvgIpc) is 3.31. The molecule has 0 atom stereocenters. The van der Waals surface area contributed by atoms with Gasteiger partial charge in [0.05, 0.1) is 5.39 Å². The maximum absolute atomic E-state index is 6.39. The lowest BCUT2D eigenvalue weighted by atomic mass is 9.90. The van der Waals surface area contributed by atoms with Gasteiger partial charge >= 0.3 is 0 Å². The van der Waals surface area contributed by atoms with Crippen molar-refractivity contribution in [2.75, 3.05) is 30.3 Å². The van der Waals surface area contributed by atoms with E-state index in [1.54, 1.807) is 6.33 Å². The molecule has 6 nitrogen and oxygen atoms in total. The number of rotatable bonds is 5. The van der Waals surface area contributed by atoms with Crippen molar-refractivity contribution in [3.05, 3.63) is 67.1 Å². The zero-order valence-electron chi connectivity index (χ0n) is 19.8. The van der Waals surface area contributed by atoms with Crippen molar-refractivity contribution in [3.63, 3.8) is 0 Å². The third kappa shape index (κ3) is 4.62. The monoisotopic (exact) mass is 485 g/mol. The second-order valence-corrected chi connectivity index (χ2v) is 10.7. The van der Waals surface area contributed by atoms with Gasteiger partial charge < -0.3 is 15.0 Å². The summed E-state index contributed by atoms with van der Waals surface area (Å²) in [6, 6.07) is 19.2. The molecule has 1 aliphatic carbocycles. The third-order valence-electron chi connectivity index (χ3n) is 7.40. The van der Waals surface area contributed by atoms with Crippen LogP contribution in [0.25, 0.3) is 22.2 Å². The number of nitrogen functional groups attached to an aromatic ring is 1. The van der Waals surface area contributed by atoms with Crippen LogP contribution in [0.4, 0.5) is 5.82 Å². The normalized spacial score (nSPS) is 21.3. The summed E-state index contributed by atoms with van der Waals surface area (Å²) in [6.07, 6.45) is 8.67. The summed E-state index contributed by atoms with van der Waals surface area (Å²) < 4.78 is 8.34. The summed E-state index contributed by atoms with van der Waals surface area (Å²) in [6.45, 7) is 2.48. The molecule has 7 heteroatoms. The Hall–Kier alpha value is -3.03. The van der Waals surface area contributed by atoms with E-state index in [1.807, 2.05) is 42.5 Å². The highest BCUT2D eigenvalue weighted by Crippen LogP contribution is 2.39. The second-order valence-electron chi connectivity index (χ2n) is 9.46. The molecule has 1 saturated heterocycles. The molecule has 0 radical (unpaired) electrons. The highest BCUT2D eigenvalue weighted by atomic mass is 32.2. The van der Waals surface area contributed by atoms with Gasteiger partial charge in [-0.1, -0.05) is 30.3 Å². The first kappa shape index (κ1) is 22.4. The highest BCUT2D eigenvalue weighted by molar-refractivity contribution is 7.99. The fraction of sp³-hybridized carbons (Fsp3) is 0.357. The largest absolute Gasteiger partial charge is 0.457 e. The van der Waals surface area contributed by atoms with Crippen molar-refractivity contribution < 1.29 is 4.74 Å². The molecular formula is C28H31N5OS. The van der Waals surface area contributed by atoms with Crippen LogP contribution in [0.15, 0.2) is 67.1 Å². The van der Waals surface area contributed by atoms with Crippen molar-refractivity contribution >= 4 is 28.6 Å². The van der Waals surface area contributed by atoms with Crippen molar-refractivity contribution in [2.45, 2.75) is 37.8 Å². The van der Waals surface area contributed by atoms with Crippen LogP contribution in [0.2, 0.25) is 0 Å². The molecule has 6 rings (SSSR count). The first-order valence-corrected chi connectivity index (χ1v) is 13.7. The number of aromatic nitrogens is 3. The molecule has 35 heavy (non-hydrogen) atoms. The Bertz CT molecular complexity index is 1280. The minimum absolute atomic E-state index is 0.441. The lowest BCUT2D eigenvalue weighted by Gasteiger charge is -2.39. The van der Waals surface area contributed by atoms with Gasteiger partial charge in [-0.15, -0.1) is 0 Å². The van der Waals surface area contributed by atoms with Gasteiger partial charge in [-0.25, -0.2) is 9.97 Å². The first-order chi connectivity index (χ1) is 17.3. The van der Waals surface area contributed by atoms with Gasteiger partial charge in [0.25, 0.3) is 0 Å². The summed E-state index contributed by atoms with van der Waals surface area (Å²) in [4.78, 5) is 11.7. The Morgan fingerprint density at radius 1 is 0.829 bits per heavy atom. The molecule has 0 bridgehead atoms. The van der Waals surface area contributed by atoms with Gasteiger partial charge in [0.1, 0.15) is 29.3 Å². The number of hydrogen-bond acceptors (Lipinski definition) is 6. The number of para-hydroxylation sites is 1. The molecule has 3 heterocycles. The first-order valence-electron chi connectivity index (χ1n) is 12.5. The van der Waals surface area contributed by atoms with E-state index in [9.17, 15) is 0 Å². The third-order valence-corrected chi connectivity index (χ3v) is 8.35.